The number of rotatable bonds is 5. The molecule has 0 saturated heterocycles. The van der Waals surface area contributed by atoms with Crippen molar-refractivity contribution < 1.29 is 28.9 Å². The summed E-state index contributed by atoms with van der Waals surface area (Å²) in [7, 11) is 0. The summed E-state index contributed by atoms with van der Waals surface area (Å²) in [6.45, 7) is 0.543. The third kappa shape index (κ3) is 4.21. The summed E-state index contributed by atoms with van der Waals surface area (Å²) in [4.78, 5) is 24.6. The molecule has 146 valence electrons. The van der Waals surface area contributed by atoms with E-state index in [2.05, 4.69) is 0 Å². The van der Waals surface area contributed by atoms with Gasteiger partial charge in [-0.25, -0.2) is 4.79 Å². The topological polar surface area (TPSA) is 82.1 Å². The number of hydrogen-bond donors (Lipinski definition) is 1. The molecule has 1 heterocycles. The number of carbonyl (C=O) groups is 2. The van der Waals surface area contributed by atoms with Crippen molar-refractivity contribution in [3.05, 3.63) is 77.9 Å². The molecule has 4 rings (SSSR count). The lowest BCUT2D eigenvalue weighted by atomic mass is 10.0. The molecule has 0 amide bonds. The van der Waals surface area contributed by atoms with Crippen molar-refractivity contribution >= 4 is 11.8 Å². The van der Waals surface area contributed by atoms with Crippen LogP contribution in [0.2, 0.25) is 0 Å². The number of aromatic hydroxyl groups is 1. The summed E-state index contributed by atoms with van der Waals surface area (Å²) in [6, 6.07) is 18.5. The van der Waals surface area contributed by atoms with Gasteiger partial charge >= 0.3 is 5.97 Å². The minimum atomic E-state index is -0.576. The maximum atomic E-state index is 12.3. The third-order valence-electron chi connectivity index (χ3n) is 4.52. The van der Waals surface area contributed by atoms with Crippen LogP contribution < -0.4 is 9.47 Å². The molecular formula is C23H18O6. The third-order valence-corrected chi connectivity index (χ3v) is 4.52. The number of fused-ring (bicyclic) bond motifs is 1. The highest BCUT2D eigenvalue weighted by atomic mass is 16.6. The zero-order chi connectivity index (χ0) is 20.2. The average molecular weight is 390 g/mol. The molecule has 0 saturated carbocycles. The highest BCUT2D eigenvalue weighted by Gasteiger charge is 2.17. The first-order valence-electron chi connectivity index (χ1n) is 9.09. The van der Waals surface area contributed by atoms with Gasteiger partial charge in [0.25, 0.3) is 0 Å². The fourth-order valence-electron chi connectivity index (χ4n) is 2.97. The number of Topliss-reactive ketones (excluding diaryl/α,β-unsaturated/α-hetero) is 1. The van der Waals surface area contributed by atoms with Crippen LogP contribution in [0.4, 0.5) is 0 Å². The van der Waals surface area contributed by atoms with Gasteiger partial charge in [-0.1, -0.05) is 24.3 Å². The molecule has 0 aliphatic carbocycles. The summed E-state index contributed by atoms with van der Waals surface area (Å²) in [5.74, 6) is 0.401. The van der Waals surface area contributed by atoms with Gasteiger partial charge in [0.1, 0.15) is 19.0 Å². The predicted molar refractivity (Wildman–Crippen MR) is 106 cm³/mol. The fourth-order valence-corrected chi connectivity index (χ4v) is 2.97. The van der Waals surface area contributed by atoms with E-state index in [4.69, 9.17) is 14.2 Å². The van der Waals surface area contributed by atoms with Gasteiger partial charge in [0, 0.05) is 5.56 Å². The molecule has 1 aliphatic rings. The molecule has 0 aromatic heterocycles. The standard InChI is InChI=1S/C23H18O6/c24-19-8-5-16(6-9-19)15-1-3-17(4-2-15)23(26)29-14-20(25)18-7-10-21-22(13-18)28-12-11-27-21/h1-10,13,24H,11-12,14H2. The number of carbonyl (C=O) groups excluding carboxylic acids is 2. The summed E-state index contributed by atoms with van der Waals surface area (Å²) in [6.07, 6.45) is 0. The van der Waals surface area contributed by atoms with Gasteiger partial charge in [-0.3, -0.25) is 4.79 Å². The van der Waals surface area contributed by atoms with Crippen LogP contribution >= 0.6 is 0 Å². The van der Waals surface area contributed by atoms with Crippen molar-refractivity contribution in [1.29, 1.82) is 0 Å². The van der Waals surface area contributed by atoms with Crippen LogP contribution in [0.25, 0.3) is 11.1 Å². The Labute approximate surface area is 167 Å². The molecule has 0 atom stereocenters. The zero-order valence-corrected chi connectivity index (χ0v) is 15.5. The second kappa shape index (κ2) is 8.06. The Balaban J connectivity index is 1.38. The summed E-state index contributed by atoms with van der Waals surface area (Å²) in [5, 5.41) is 9.36. The summed E-state index contributed by atoms with van der Waals surface area (Å²) in [5.41, 5.74) is 2.55. The number of hydrogen-bond acceptors (Lipinski definition) is 6. The van der Waals surface area contributed by atoms with Gasteiger partial charge in [0.2, 0.25) is 0 Å². The number of ether oxygens (including phenoxy) is 3. The van der Waals surface area contributed by atoms with E-state index in [0.717, 1.165) is 11.1 Å². The number of phenols is 1. The van der Waals surface area contributed by atoms with E-state index in [1.165, 1.54) is 0 Å². The maximum Gasteiger partial charge on any atom is 0.338 e. The molecule has 29 heavy (non-hydrogen) atoms. The van der Waals surface area contributed by atoms with E-state index in [1.807, 2.05) is 0 Å². The minimum absolute atomic E-state index is 0.191. The van der Waals surface area contributed by atoms with Crippen LogP contribution in [0.3, 0.4) is 0 Å². The van der Waals surface area contributed by atoms with Gasteiger partial charge in [0.15, 0.2) is 23.9 Å². The van der Waals surface area contributed by atoms with E-state index in [1.54, 1.807) is 66.7 Å². The van der Waals surface area contributed by atoms with Crippen molar-refractivity contribution in [1.82, 2.24) is 0 Å². The van der Waals surface area contributed by atoms with E-state index < -0.39 is 5.97 Å². The lowest BCUT2D eigenvalue weighted by molar-refractivity contribution is 0.0474. The summed E-state index contributed by atoms with van der Waals surface area (Å²) < 4.78 is 16.0. The second-order valence-corrected chi connectivity index (χ2v) is 6.48. The van der Waals surface area contributed by atoms with Crippen LogP contribution in [-0.4, -0.2) is 36.7 Å². The number of benzene rings is 3. The molecule has 0 spiro atoms. The lowest BCUT2D eigenvalue weighted by Crippen LogP contribution is -2.17. The molecule has 0 radical (unpaired) electrons. The van der Waals surface area contributed by atoms with Crippen molar-refractivity contribution in [2.45, 2.75) is 0 Å². The maximum absolute atomic E-state index is 12.3. The Bertz CT molecular complexity index is 1040. The first-order valence-corrected chi connectivity index (χ1v) is 9.09. The van der Waals surface area contributed by atoms with E-state index in [9.17, 15) is 14.7 Å². The van der Waals surface area contributed by atoms with Crippen LogP contribution in [0.5, 0.6) is 17.2 Å². The van der Waals surface area contributed by atoms with E-state index in [0.29, 0.717) is 35.8 Å². The van der Waals surface area contributed by atoms with Gasteiger partial charge in [-0.15, -0.1) is 0 Å². The van der Waals surface area contributed by atoms with Gasteiger partial charge in [-0.05, 0) is 53.6 Å². The minimum Gasteiger partial charge on any atom is -0.508 e. The first-order chi connectivity index (χ1) is 14.1. The van der Waals surface area contributed by atoms with Crippen molar-refractivity contribution in [2.24, 2.45) is 0 Å². The highest BCUT2D eigenvalue weighted by molar-refractivity contribution is 6.00. The predicted octanol–water partition coefficient (Wildman–Crippen LogP) is 3.87. The molecule has 0 unspecified atom stereocenters. The molecule has 6 heteroatoms. The van der Waals surface area contributed by atoms with Crippen LogP contribution in [-0.2, 0) is 4.74 Å². The Morgan fingerprint density at radius 1 is 0.793 bits per heavy atom. The van der Waals surface area contributed by atoms with Crippen LogP contribution in [0.15, 0.2) is 66.7 Å². The quantitative estimate of drug-likeness (QED) is 0.526. The Kier molecular flexibility index (Phi) is 5.16. The van der Waals surface area contributed by atoms with Crippen molar-refractivity contribution in [3.8, 4) is 28.4 Å². The molecule has 3 aromatic carbocycles. The zero-order valence-electron chi connectivity index (χ0n) is 15.5. The van der Waals surface area contributed by atoms with E-state index in [-0.39, 0.29) is 18.1 Å². The van der Waals surface area contributed by atoms with Crippen molar-refractivity contribution in [3.63, 3.8) is 0 Å². The average Bonchev–Trinajstić information content (AvgIpc) is 2.77. The molecule has 0 fully saturated rings. The molecule has 1 N–H and O–H groups in total. The van der Waals surface area contributed by atoms with Crippen LogP contribution in [0, 0.1) is 0 Å². The van der Waals surface area contributed by atoms with Crippen molar-refractivity contribution in [2.75, 3.05) is 19.8 Å². The molecular weight excluding hydrogens is 372 g/mol. The Morgan fingerprint density at radius 3 is 2.07 bits per heavy atom. The molecule has 3 aromatic rings. The smallest absolute Gasteiger partial charge is 0.338 e. The Hall–Kier alpha value is -3.80. The molecule has 6 nitrogen and oxygen atoms in total. The van der Waals surface area contributed by atoms with Crippen LogP contribution in [0.1, 0.15) is 20.7 Å². The first kappa shape index (κ1) is 18.6. The van der Waals surface area contributed by atoms with Gasteiger partial charge < -0.3 is 19.3 Å². The Morgan fingerprint density at radius 2 is 1.38 bits per heavy atom. The summed E-state index contributed by atoms with van der Waals surface area (Å²) >= 11 is 0. The number of phenolic OH excluding ortho intramolecular Hbond substituents is 1. The monoisotopic (exact) mass is 390 g/mol. The van der Waals surface area contributed by atoms with Gasteiger partial charge in [0.05, 0.1) is 5.56 Å². The number of esters is 1. The van der Waals surface area contributed by atoms with Gasteiger partial charge in [-0.2, -0.15) is 0 Å². The van der Waals surface area contributed by atoms with E-state index >= 15 is 0 Å². The largest absolute Gasteiger partial charge is 0.508 e. The highest BCUT2D eigenvalue weighted by Crippen LogP contribution is 2.31. The normalized spacial score (nSPS) is 12.3. The SMILES string of the molecule is O=C(COC(=O)c1ccc(-c2ccc(O)cc2)cc1)c1ccc2c(c1)OCCO2. The number of ketones is 1. The second-order valence-electron chi connectivity index (χ2n) is 6.48. The fraction of sp³-hybridized carbons (Fsp3) is 0.130. The lowest BCUT2D eigenvalue weighted by Gasteiger charge is -2.18. The molecule has 0 bridgehead atoms. The molecule has 1 aliphatic heterocycles.